The summed E-state index contributed by atoms with van der Waals surface area (Å²) >= 11 is 3.36. The van der Waals surface area contributed by atoms with E-state index in [4.69, 9.17) is 0 Å². The van der Waals surface area contributed by atoms with E-state index in [1.54, 1.807) is 13.1 Å². The number of nitrogens with one attached hydrogen (secondary N) is 1. The third-order valence-electron chi connectivity index (χ3n) is 3.09. The van der Waals surface area contributed by atoms with E-state index in [0.717, 1.165) is 23.9 Å². The van der Waals surface area contributed by atoms with Gasteiger partial charge in [-0.15, -0.1) is 0 Å². The van der Waals surface area contributed by atoms with Crippen molar-refractivity contribution in [2.45, 2.75) is 32.4 Å². The van der Waals surface area contributed by atoms with E-state index in [1.807, 2.05) is 17.7 Å². The van der Waals surface area contributed by atoms with Crippen LogP contribution in [-0.4, -0.2) is 40.9 Å². The van der Waals surface area contributed by atoms with E-state index in [-0.39, 0.29) is 18.4 Å². The number of rotatable bonds is 5. The number of hydrogen-bond acceptors (Lipinski definition) is 2. The molecule has 0 aromatic carbocycles. The van der Waals surface area contributed by atoms with Crippen LogP contribution < -0.4 is 5.32 Å². The van der Waals surface area contributed by atoms with Gasteiger partial charge in [0.2, 0.25) is 5.91 Å². The molecule has 0 bridgehead atoms. The van der Waals surface area contributed by atoms with E-state index >= 15 is 0 Å². The molecule has 1 aliphatic carbocycles. The highest BCUT2D eigenvalue weighted by Crippen LogP contribution is 2.19. The van der Waals surface area contributed by atoms with Crippen LogP contribution in [0.3, 0.4) is 0 Å². The average Bonchev–Trinajstić information content (AvgIpc) is 3.08. The molecule has 1 N–H and O–H groups in total. The Kier molecular flexibility index (Phi) is 4.29. The highest BCUT2D eigenvalue weighted by molar-refractivity contribution is 9.10. The minimum absolute atomic E-state index is 0.0907. The summed E-state index contributed by atoms with van der Waals surface area (Å²) in [6.45, 7) is 2.79. The number of hydrogen-bond donors (Lipinski definition) is 1. The number of aromatic nitrogens is 1. The predicted molar refractivity (Wildman–Crippen MR) is 75.9 cm³/mol. The molecule has 2 rings (SSSR count). The molecule has 1 aliphatic rings. The molecule has 1 heterocycles. The molecule has 0 saturated heterocycles. The largest absolute Gasteiger partial charge is 0.352 e. The number of amides is 2. The van der Waals surface area contributed by atoms with Crippen LogP contribution in [0.25, 0.3) is 0 Å². The van der Waals surface area contributed by atoms with Gasteiger partial charge in [-0.1, -0.05) is 0 Å². The lowest BCUT2D eigenvalue weighted by Crippen LogP contribution is -2.39. The molecule has 0 radical (unpaired) electrons. The van der Waals surface area contributed by atoms with Gasteiger partial charge in [0.25, 0.3) is 5.91 Å². The van der Waals surface area contributed by atoms with Gasteiger partial charge in [-0.05, 0) is 41.8 Å². The Balaban J connectivity index is 1.98. The Hall–Kier alpha value is -1.30. The topological polar surface area (TPSA) is 54.3 Å². The third-order valence-corrected chi connectivity index (χ3v) is 3.53. The van der Waals surface area contributed by atoms with Gasteiger partial charge in [0.05, 0.1) is 6.54 Å². The van der Waals surface area contributed by atoms with Crippen LogP contribution in [-0.2, 0) is 11.3 Å². The van der Waals surface area contributed by atoms with Crippen LogP contribution in [0.1, 0.15) is 30.3 Å². The van der Waals surface area contributed by atoms with Gasteiger partial charge in [0, 0.05) is 30.3 Å². The maximum atomic E-state index is 12.3. The first-order chi connectivity index (χ1) is 9.01. The summed E-state index contributed by atoms with van der Waals surface area (Å²) < 4.78 is 2.73. The zero-order chi connectivity index (χ0) is 14.0. The van der Waals surface area contributed by atoms with Crippen LogP contribution in [0.2, 0.25) is 0 Å². The minimum Gasteiger partial charge on any atom is -0.352 e. The quantitative estimate of drug-likeness (QED) is 0.893. The summed E-state index contributed by atoms with van der Waals surface area (Å²) in [6, 6.07) is 2.10. The highest BCUT2D eigenvalue weighted by Gasteiger charge is 2.25. The van der Waals surface area contributed by atoms with Crippen molar-refractivity contribution >= 4 is 27.7 Å². The molecular weight excluding hydrogens is 310 g/mol. The van der Waals surface area contributed by atoms with Gasteiger partial charge < -0.3 is 14.8 Å². The number of likely N-dealkylation sites (N-methyl/N-ethyl adjacent to an activating group) is 1. The van der Waals surface area contributed by atoms with Gasteiger partial charge >= 0.3 is 0 Å². The van der Waals surface area contributed by atoms with Crippen molar-refractivity contribution in [3.05, 3.63) is 22.4 Å². The summed E-state index contributed by atoms with van der Waals surface area (Å²) in [5.41, 5.74) is 0.594. The van der Waals surface area contributed by atoms with Gasteiger partial charge in [-0.25, -0.2) is 0 Å². The van der Waals surface area contributed by atoms with Crippen molar-refractivity contribution in [3.63, 3.8) is 0 Å². The lowest BCUT2D eigenvalue weighted by atomic mass is 10.3. The van der Waals surface area contributed by atoms with Gasteiger partial charge in [0.15, 0.2) is 0 Å². The van der Waals surface area contributed by atoms with E-state index in [0.29, 0.717) is 11.7 Å². The van der Waals surface area contributed by atoms with Gasteiger partial charge in [-0.2, -0.15) is 0 Å². The van der Waals surface area contributed by atoms with E-state index in [2.05, 4.69) is 21.2 Å². The van der Waals surface area contributed by atoms with Gasteiger partial charge in [0.1, 0.15) is 5.69 Å². The molecule has 5 nitrogen and oxygen atoms in total. The standard InChI is InChI=1S/C13H18BrN3O2/c1-3-17-7-9(14)6-11(17)13(19)16(2)8-12(18)15-10-4-5-10/h6-7,10H,3-5,8H2,1-2H3,(H,15,18). The molecule has 19 heavy (non-hydrogen) atoms. The lowest BCUT2D eigenvalue weighted by molar-refractivity contribution is -0.121. The van der Waals surface area contributed by atoms with Crippen LogP contribution in [0.5, 0.6) is 0 Å². The van der Waals surface area contributed by atoms with Crippen LogP contribution >= 0.6 is 15.9 Å². The molecule has 1 fully saturated rings. The first-order valence-electron chi connectivity index (χ1n) is 6.41. The third kappa shape index (κ3) is 3.59. The number of carbonyl (C=O) groups is 2. The second-order valence-corrected chi connectivity index (χ2v) is 5.75. The van der Waals surface area contributed by atoms with Crippen molar-refractivity contribution < 1.29 is 9.59 Å². The SMILES string of the molecule is CCn1cc(Br)cc1C(=O)N(C)CC(=O)NC1CC1. The maximum absolute atomic E-state index is 12.3. The summed E-state index contributed by atoms with van der Waals surface area (Å²) in [5.74, 6) is -0.231. The smallest absolute Gasteiger partial charge is 0.270 e. The Morgan fingerprint density at radius 3 is 2.79 bits per heavy atom. The normalized spacial score (nSPS) is 14.3. The maximum Gasteiger partial charge on any atom is 0.270 e. The molecule has 1 aromatic heterocycles. The summed E-state index contributed by atoms with van der Waals surface area (Å²) in [6.07, 6.45) is 3.97. The van der Waals surface area contributed by atoms with Crippen LogP contribution in [0.15, 0.2) is 16.7 Å². The predicted octanol–water partition coefficient (Wildman–Crippen LogP) is 1.62. The monoisotopic (exact) mass is 327 g/mol. The van der Waals surface area contributed by atoms with Crippen molar-refractivity contribution in [3.8, 4) is 0 Å². The number of aryl methyl sites for hydroxylation is 1. The Labute approximate surface area is 121 Å². The average molecular weight is 328 g/mol. The minimum atomic E-state index is -0.140. The fourth-order valence-electron chi connectivity index (χ4n) is 1.90. The summed E-state index contributed by atoms with van der Waals surface area (Å²) in [4.78, 5) is 25.4. The fourth-order valence-corrected chi connectivity index (χ4v) is 2.36. The Bertz CT molecular complexity index is 494. The molecule has 0 spiro atoms. The number of carbonyl (C=O) groups excluding carboxylic acids is 2. The van der Waals surface area contributed by atoms with Gasteiger partial charge in [-0.3, -0.25) is 9.59 Å². The first kappa shape index (κ1) is 14.1. The number of halogens is 1. The second kappa shape index (κ2) is 5.77. The zero-order valence-corrected chi connectivity index (χ0v) is 12.7. The molecule has 1 aromatic rings. The summed E-state index contributed by atoms with van der Waals surface area (Å²) in [5, 5.41) is 2.88. The molecule has 0 unspecified atom stereocenters. The molecular formula is C13H18BrN3O2. The molecule has 6 heteroatoms. The molecule has 0 aliphatic heterocycles. The zero-order valence-electron chi connectivity index (χ0n) is 11.1. The summed E-state index contributed by atoms with van der Waals surface area (Å²) in [7, 11) is 1.65. The van der Waals surface area contributed by atoms with E-state index < -0.39 is 0 Å². The molecule has 2 amide bonds. The molecule has 104 valence electrons. The fraction of sp³-hybridized carbons (Fsp3) is 0.538. The first-order valence-corrected chi connectivity index (χ1v) is 7.21. The van der Waals surface area contributed by atoms with Crippen molar-refractivity contribution in [1.82, 2.24) is 14.8 Å². The van der Waals surface area contributed by atoms with E-state index in [9.17, 15) is 9.59 Å². The van der Waals surface area contributed by atoms with Crippen molar-refractivity contribution in [2.24, 2.45) is 0 Å². The highest BCUT2D eigenvalue weighted by atomic mass is 79.9. The second-order valence-electron chi connectivity index (χ2n) is 4.83. The van der Waals surface area contributed by atoms with Crippen molar-refractivity contribution in [2.75, 3.05) is 13.6 Å². The van der Waals surface area contributed by atoms with Crippen molar-refractivity contribution in [1.29, 1.82) is 0 Å². The molecule has 1 saturated carbocycles. The van der Waals surface area contributed by atoms with Crippen LogP contribution in [0.4, 0.5) is 0 Å². The molecule has 0 atom stereocenters. The Morgan fingerprint density at radius 1 is 1.53 bits per heavy atom. The lowest BCUT2D eigenvalue weighted by Gasteiger charge is -2.17. The van der Waals surface area contributed by atoms with E-state index in [1.165, 1.54) is 4.90 Å². The Morgan fingerprint density at radius 2 is 2.21 bits per heavy atom. The number of nitrogens with zero attached hydrogens (tertiary/aromatic N) is 2. The van der Waals surface area contributed by atoms with Crippen LogP contribution in [0, 0.1) is 0 Å².